The smallest absolute Gasteiger partial charge is 0.312 e. The number of ether oxygens (including phenoxy) is 4. The van der Waals surface area contributed by atoms with Crippen molar-refractivity contribution in [2.75, 3.05) is 93.0 Å². The zero-order valence-corrected chi connectivity index (χ0v) is 59.2. The number of carbonyl (C=O) groups excluding carboxylic acids is 8. The first kappa shape index (κ1) is 81.0. The van der Waals surface area contributed by atoms with Crippen LogP contribution in [0.1, 0.15) is 124 Å². The Morgan fingerprint density at radius 1 is 0.828 bits per heavy atom. The number of amides is 9. The number of benzene rings is 1. The zero-order valence-electron chi connectivity index (χ0n) is 57.5. The van der Waals surface area contributed by atoms with Crippen molar-refractivity contribution < 1.29 is 57.3 Å². The Morgan fingerprint density at radius 3 is 2.05 bits per heavy atom. The van der Waals surface area contributed by atoms with Crippen LogP contribution >= 0.6 is 24.4 Å². The number of nitrogens with zero attached hydrogens (tertiary/aromatic N) is 9. The Bertz CT molecular complexity index is 2710. The molecule has 93 heavy (non-hydrogen) atoms. The Balaban J connectivity index is 1.67. The van der Waals surface area contributed by atoms with E-state index in [1.165, 1.54) is 14.2 Å². The van der Waals surface area contributed by atoms with Crippen molar-refractivity contribution in [2.24, 2.45) is 40.4 Å². The van der Waals surface area contributed by atoms with Gasteiger partial charge in [-0.3, -0.25) is 38.5 Å². The number of hydrogen-bond donors (Lipinski definition) is 8. The minimum absolute atomic E-state index is 0.00279. The van der Waals surface area contributed by atoms with Crippen LogP contribution in [0.15, 0.2) is 29.4 Å². The number of methoxy groups -OCH3 is 2. The molecule has 11 atom stereocenters. The van der Waals surface area contributed by atoms with Crippen LogP contribution in [0.3, 0.4) is 0 Å². The van der Waals surface area contributed by atoms with E-state index in [-0.39, 0.29) is 106 Å². The highest BCUT2D eigenvalue weighted by molar-refractivity contribution is 7.97. The van der Waals surface area contributed by atoms with Gasteiger partial charge in [-0.25, -0.2) is 4.79 Å². The van der Waals surface area contributed by atoms with Gasteiger partial charge in [0.2, 0.25) is 41.4 Å². The molecule has 1 fully saturated rings. The first-order valence-corrected chi connectivity index (χ1v) is 34.3. The highest BCUT2D eigenvalue weighted by Gasteiger charge is 2.44. The van der Waals surface area contributed by atoms with E-state index in [1.807, 2.05) is 66.8 Å². The van der Waals surface area contributed by atoms with Gasteiger partial charge in [0.15, 0.2) is 0 Å². The number of urea groups is 1. The number of nitrogens with one attached hydrogen (secondary N) is 6. The maximum absolute atomic E-state index is 14.5. The van der Waals surface area contributed by atoms with Crippen LogP contribution in [0, 0.1) is 29.6 Å². The summed E-state index contributed by atoms with van der Waals surface area (Å²) in [6.07, 6.45) is 2.96. The summed E-state index contributed by atoms with van der Waals surface area (Å²) >= 11 is 5.99. The third kappa shape index (κ3) is 26.5. The van der Waals surface area contributed by atoms with Crippen LogP contribution in [-0.2, 0) is 77.0 Å². The largest absolute Gasteiger partial charge is 0.379 e. The monoisotopic (exact) mass is 1340 g/mol. The van der Waals surface area contributed by atoms with E-state index >= 15 is 0 Å². The molecule has 2 aromatic rings. The van der Waals surface area contributed by atoms with Gasteiger partial charge >= 0.3 is 6.03 Å². The molecule has 1 aliphatic heterocycles. The molecule has 0 radical (unpaired) electrons. The average molecular weight is 1350 g/mol. The van der Waals surface area contributed by atoms with Crippen molar-refractivity contribution in [3.05, 3.63) is 51.7 Å². The van der Waals surface area contributed by atoms with Crippen molar-refractivity contribution in [1.82, 2.24) is 56.3 Å². The normalized spacial score (nSPS) is 16.5. The molecular formula is C63H108N16O12S2. The van der Waals surface area contributed by atoms with Gasteiger partial charge in [-0.15, -0.1) is 0 Å². The van der Waals surface area contributed by atoms with Crippen molar-refractivity contribution in [3.8, 4) is 0 Å². The Hall–Kier alpha value is -6.27. The number of aromatic nitrogens is 3. The molecule has 1 saturated heterocycles. The number of primary amides is 1. The van der Waals surface area contributed by atoms with E-state index in [4.69, 9.17) is 24.7 Å². The van der Waals surface area contributed by atoms with E-state index in [0.29, 0.717) is 50.4 Å². The number of hydrogen-bond acceptors (Lipinski definition) is 18. The quantitative estimate of drug-likeness (QED) is 0.0147. The molecule has 28 nitrogen and oxygen atoms in total. The van der Waals surface area contributed by atoms with Crippen molar-refractivity contribution >= 4 is 77.5 Å². The molecule has 524 valence electrons. The lowest BCUT2D eigenvalue weighted by molar-refractivity contribution is -0.148. The lowest BCUT2D eigenvalue weighted by Gasteiger charge is -2.41. The van der Waals surface area contributed by atoms with Gasteiger partial charge in [0.05, 0.1) is 87.0 Å². The number of likely N-dealkylation sites (N-methyl/N-ethyl adjacent to an activating group) is 2. The topological polar surface area (TPSA) is 361 Å². The zero-order chi connectivity index (χ0) is 69.5. The van der Waals surface area contributed by atoms with E-state index in [1.54, 1.807) is 78.4 Å². The first-order chi connectivity index (χ1) is 44.2. The van der Waals surface area contributed by atoms with E-state index < -0.39 is 90.1 Å². The maximum atomic E-state index is 14.5. The summed E-state index contributed by atoms with van der Waals surface area (Å²) in [5, 5.41) is 29.7. The number of carbonyl (C=O) groups is 8. The Labute approximate surface area is 559 Å². The molecule has 0 aliphatic carbocycles. The summed E-state index contributed by atoms with van der Waals surface area (Å²) in [4.78, 5) is 119. The molecule has 30 heteroatoms. The van der Waals surface area contributed by atoms with Gasteiger partial charge in [-0.2, -0.15) is 39.4 Å². The van der Waals surface area contributed by atoms with E-state index in [9.17, 15) is 43.9 Å². The number of thioether (sulfide) groups is 1. The Kier molecular flexibility index (Phi) is 36.8. The van der Waals surface area contributed by atoms with Crippen LogP contribution in [0.2, 0.25) is 0 Å². The molecule has 2 heterocycles. The molecule has 8 N–H and O–H groups in total. The molecule has 0 unspecified atom stereocenters. The van der Waals surface area contributed by atoms with Gasteiger partial charge in [-0.1, -0.05) is 86.0 Å². The van der Waals surface area contributed by atoms with Crippen LogP contribution in [0.5, 0.6) is 0 Å². The van der Waals surface area contributed by atoms with Crippen LogP contribution in [0.4, 0.5) is 10.5 Å². The molecular weight excluding hydrogens is 1240 g/mol. The summed E-state index contributed by atoms with van der Waals surface area (Å²) in [6.45, 7) is 18.9. The minimum Gasteiger partial charge on any atom is -0.379 e. The van der Waals surface area contributed by atoms with Crippen molar-refractivity contribution in [2.45, 2.75) is 186 Å². The number of nitrogens with two attached hydrogens (primary N) is 1. The van der Waals surface area contributed by atoms with Gasteiger partial charge in [0, 0.05) is 75.5 Å². The van der Waals surface area contributed by atoms with Crippen LogP contribution in [0.25, 0.3) is 10.4 Å². The number of rotatable bonds is 44. The fourth-order valence-electron chi connectivity index (χ4n) is 11.6. The molecule has 1 aromatic heterocycles. The predicted octanol–water partition coefficient (Wildman–Crippen LogP) is 4.69. The summed E-state index contributed by atoms with van der Waals surface area (Å²) in [5.41, 5.74) is 17.5. The molecule has 1 aromatic carbocycles. The molecule has 1 aliphatic rings. The summed E-state index contributed by atoms with van der Waals surface area (Å²) in [6, 6.07) is 0.983. The number of azide groups is 1. The van der Waals surface area contributed by atoms with Crippen LogP contribution in [-0.4, -0.2) is 219 Å². The highest BCUT2D eigenvalue weighted by Crippen LogP contribution is 2.30. The van der Waals surface area contributed by atoms with E-state index in [2.05, 4.69) is 64.8 Å². The maximum Gasteiger partial charge on any atom is 0.312 e. The van der Waals surface area contributed by atoms with Gasteiger partial charge in [0.1, 0.15) is 18.1 Å². The molecule has 0 bridgehead atoms. The average Bonchev–Trinajstić information content (AvgIpc) is 1.85. The van der Waals surface area contributed by atoms with Gasteiger partial charge in [-0.05, 0) is 99.4 Å². The Morgan fingerprint density at radius 2 is 1.48 bits per heavy atom. The number of anilines is 1. The molecule has 0 saturated carbocycles. The SMILES string of the molecule is CC[C@H](C)[C@@H]([C@@H](CC(=O)N1CCC[C@H]1[C@H](OC)[C@@H](C)C(=O)N[C@H](CN=[N+]=[N-])Cc1ccc(NC(=O)[C@H](CCCNC(N)=O)NC(=O)[C@@H](NC(=O)CCOCCOCCn2nc(CS)c(CSC)n2)C(C)C)cc1)OC)N(C)C(=O)[C@@H](NC(=O)[C@H](C(C)C)N(C)C)C(C)C. The summed E-state index contributed by atoms with van der Waals surface area (Å²) in [7, 11) is 8.40. The lowest BCUT2D eigenvalue weighted by atomic mass is 9.89. The lowest BCUT2D eigenvalue weighted by Crippen LogP contribution is -2.59. The van der Waals surface area contributed by atoms with Crippen molar-refractivity contribution in [1.29, 1.82) is 0 Å². The fraction of sp³-hybridized carbons (Fsp3) is 0.746. The standard InChI is InChI=1S/C63H108N16O12S2/c1-16-41(8)56(77(12)62(86)54(39(4)5)72-61(85)55(40(6)7)76(10)11)50(88-13)34-52(81)78-27-18-20-49(78)57(89-14)42(9)58(82)69-45(35-67-75-65)33-43-21-23-44(24-22-43)68-59(83)46(19-17-26-66-63(64)87)70-60(84)53(38(2)3)71-51(80)25-29-90-31-32-91-30-28-79-73-47(36-92)48(74-79)37-93-15/h21-24,38-42,45-46,49-50,53-57,92H,16-20,25-37H2,1-15H3,(H,68,83)(H,69,82)(H,70,84)(H,71,80)(H,72,85)(H3,64,66,87)/t41-,42+,45-,46-,49-,50+,53-,54-,55-,56-,57+/m0/s1. The second-order valence-corrected chi connectivity index (χ2v) is 26.2. The van der Waals surface area contributed by atoms with Crippen molar-refractivity contribution in [3.63, 3.8) is 0 Å². The third-order valence-corrected chi connectivity index (χ3v) is 17.6. The van der Waals surface area contributed by atoms with Gasteiger partial charge in [0.25, 0.3) is 0 Å². The molecule has 0 spiro atoms. The second kappa shape index (κ2) is 42.2. The van der Waals surface area contributed by atoms with Crippen LogP contribution < -0.4 is 37.6 Å². The third-order valence-electron chi connectivity index (χ3n) is 16.7. The first-order valence-electron chi connectivity index (χ1n) is 32.3. The minimum atomic E-state index is -1.10. The van der Waals surface area contributed by atoms with E-state index in [0.717, 1.165) is 22.7 Å². The number of thiol groups is 1. The fourth-order valence-corrected chi connectivity index (χ4v) is 12.4. The number of likely N-dealkylation sites (tertiary alicyclic amines) is 1. The predicted molar refractivity (Wildman–Crippen MR) is 362 cm³/mol. The molecule has 9 amide bonds. The summed E-state index contributed by atoms with van der Waals surface area (Å²) < 4.78 is 23.4. The molecule has 3 rings (SSSR count). The summed E-state index contributed by atoms with van der Waals surface area (Å²) in [5.74, 6) is -2.95. The highest BCUT2D eigenvalue weighted by atomic mass is 32.2. The second-order valence-electron chi connectivity index (χ2n) is 25.0. The van der Waals surface area contributed by atoms with Gasteiger partial charge < -0.3 is 66.4 Å².